The van der Waals surface area contributed by atoms with Crippen LogP contribution >= 0.6 is 0 Å². The summed E-state index contributed by atoms with van der Waals surface area (Å²) in [6.45, 7) is 0. The maximum Gasteiger partial charge on any atom is 0.161 e. The molecule has 2 aliphatic rings. The van der Waals surface area contributed by atoms with E-state index < -0.39 is 0 Å². The summed E-state index contributed by atoms with van der Waals surface area (Å²) in [5, 5.41) is 14.2. The van der Waals surface area contributed by atoms with Crippen molar-refractivity contribution in [2.45, 2.75) is 50.7 Å². The van der Waals surface area contributed by atoms with Gasteiger partial charge in [-0.25, -0.2) is 0 Å². The summed E-state index contributed by atoms with van der Waals surface area (Å²) in [5.74, 6) is 2.29. The van der Waals surface area contributed by atoms with Gasteiger partial charge >= 0.3 is 0 Å². The molecule has 154 valence electrons. The van der Waals surface area contributed by atoms with E-state index in [0.717, 1.165) is 23.3 Å². The molecule has 0 radical (unpaired) electrons. The van der Waals surface area contributed by atoms with Crippen LogP contribution < -0.4 is 14.8 Å². The number of ether oxygens (including phenoxy) is 2. The van der Waals surface area contributed by atoms with Gasteiger partial charge in [0.15, 0.2) is 11.5 Å². The largest absolute Gasteiger partial charge is 0.508 e. The van der Waals surface area contributed by atoms with Crippen LogP contribution in [0.3, 0.4) is 0 Å². The zero-order valence-electron chi connectivity index (χ0n) is 17.2. The third kappa shape index (κ3) is 4.25. The van der Waals surface area contributed by atoms with Crippen LogP contribution in [-0.2, 0) is 0 Å². The minimum absolute atomic E-state index is 0.0312. The van der Waals surface area contributed by atoms with Gasteiger partial charge in [-0.15, -0.1) is 0 Å². The number of aliphatic imine (C=N–C) groups is 1. The molecule has 1 fully saturated rings. The van der Waals surface area contributed by atoms with E-state index in [-0.39, 0.29) is 12.2 Å². The quantitative estimate of drug-likeness (QED) is 0.762. The number of methoxy groups -OCH3 is 2. The summed E-state index contributed by atoms with van der Waals surface area (Å²) < 4.78 is 10.9. The average molecular weight is 395 g/mol. The second-order valence-electron chi connectivity index (χ2n) is 7.97. The number of nitrogens with one attached hydrogen (secondary N) is 1. The van der Waals surface area contributed by atoms with Gasteiger partial charge in [-0.1, -0.05) is 37.5 Å². The van der Waals surface area contributed by atoms with Crippen molar-refractivity contribution < 1.29 is 14.6 Å². The number of aromatic hydroxyl groups is 1. The Labute approximate surface area is 172 Å². The van der Waals surface area contributed by atoms with E-state index in [9.17, 15) is 5.11 Å². The van der Waals surface area contributed by atoms with Crippen molar-refractivity contribution in [3.05, 3.63) is 53.6 Å². The molecule has 0 bridgehead atoms. The predicted octanol–water partition coefficient (Wildman–Crippen LogP) is 4.84. The lowest BCUT2D eigenvalue weighted by Crippen LogP contribution is -2.43. The number of benzene rings is 2. The molecule has 0 spiro atoms. The highest BCUT2D eigenvalue weighted by molar-refractivity contribution is 6.02. The lowest BCUT2D eigenvalue weighted by atomic mass is 9.84. The number of hydrogen-bond acceptors (Lipinski definition) is 5. The minimum atomic E-state index is 0.0312. The summed E-state index contributed by atoms with van der Waals surface area (Å²) in [5.41, 5.74) is 3.03. The van der Waals surface area contributed by atoms with E-state index in [2.05, 4.69) is 5.32 Å². The maximum atomic E-state index is 10.5. The Kier molecular flexibility index (Phi) is 6.05. The van der Waals surface area contributed by atoms with Crippen molar-refractivity contribution in [2.24, 2.45) is 10.9 Å². The molecule has 0 aromatic heterocycles. The van der Waals surface area contributed by atoms with Crippen LogP contribution in [0, 0.1) is 5.92 Å². The lowest BCUT2D eigenvalue weighted by Gasteiger charge is -2.36. The molecular formula is C24H30N2O3. The van der Waals surface area contributed by atoms with E-state index in [4.69, 9.17) is 14.5 Å². The Bertz CT molecular complexity index is 874. The van der Waals surface area contributed by atoms with Crippen LogP contribution in [0.15, 0.2) is 47.5 Å². The first-order valence-electron chi connectivity index (χ1n) is 10.5. The summed E-state index contributed by atoms with van der Waals surface area (Å²) in [4.78, 5) is 5.14. The molecule has 1 heterocycles. The van der Waals surface area contributed by atoms with Gasteiger partial charge in [-0.05, 0) is 48.6 Å². The number of phenolic OH excluding ortho intramolecular Hbond substituents is 1. The lowest BCUT2D eigenvalue weighted by molar-refractivity contribution is 0.249. The van der Waals surface area contributed by atoms with E-state index in [1.54, 1.807) is 20.3 Å². The van der Waals surface area contributed by atoms with Crippen molar-refractivity contribution in [3.63, 3.8) is 0 Å². The van der Waals surface area contributed by atoms with Crippen molar-refractivity contribution in [2.75, 3.05) is 14.2 Å². The van der Waals surface area contributed by atoms with Crippen LogP contribution in [0.4, 0.5) is 0 Å². The third-order valence-corrected chi connectivity index (χ3v) is 6.19. The number of para-hydroxylation sites is 1. The molecule has 2 aromatic rings. The molecular weight excluding hydrogens is 364 g/mol. The van der Waals surface area contributed by atoms with Gasteiger partial charge in [0.1, 0.15) is 11.9 Å². The Hall–Kier alpha value is -2.53. The highest BCUT2D eigenvalue weighted by Gasteiger charge is 2.32. The zero-order valence-corrected chi connectivity index (χ0v) is 17.2. The van der Waals surface area contributed by atoms with Gasteiger partial charge in [0.25, 0.3) is 0 Å². The van der Waals surface area contributed by atoms with E-state index in [0.29, 0.717) is 23.2 Å². The maximum absolute atomic E-state index is 10.5. The predicted molar refractivity (Wildman–Crippen MR) is 115 cm³/mol. The molecule has 1 aliphatic heterocycles. The fourth-order valence-corrected chi connectivity index (χ4v) is 4.60. The van der Waals surface area contributed by atoms with Gasteiger partial charge in [0.05, 0.1) is 14.2 Å². The van der Waals surface area contributed by atoms with Crippen molar-refractivity contribution in [3.8, 4) is 17.2 Å². The minimum Gasteiger partial charge on any atom is -0.508 e. The van der Waals surface area contributed by atoms with Crippen LogP contribution in [0.1, 0.15) is 55.7 Å². The van der Waals surface area contributed by atoms with Crippen LogP contribution in [-0.4, -0.2) is 31.2 Å². The summed E-state index contributed by atoms with van der Waals surface area (Å²) in [6, 6.07) is 13.6. The molecule has 2 atom stereocenters. The molecule has 2 unspecified atom stereocenters. The topological polar surface area (TPSA) is 63.1 Å². The molecule has 4 rings (SSSR count). The molecule has 5 nitrogen and oxygen atoms in total. The van der Waals surface area contributed by atoms with Gasteiger partial charge in [0, 0.05) is 23.7 Å². The first-order chi connectivity index (χ1) is 14.2. The Morgan fingerprint density at radius 3 is 2.45 bits per heavy atom. The molecule has 5 heteroatoms. The molecule has 29 heavy (non-hydrogen) atoms. The zero-order chi connectivity index (χ0) is 20.2. The number of phenols is 1. The van der Waals surface area contributed by atoms with Gasteiger partial charge in [-0.3, -0.25) is 10.3 Å². The van der Waals surface area contributed by atoms with Crippen LogP contribution in [0.2, 0.25) is 0 Å². The number of nitrogens with zero attached hydrogens (tertiary/aromatic N) is 1. The average Bonchev–Trinajstić information content (AvgIpc) is 2.79. The van der Waals surface area contributed by atoms with E-state index >= 15 is 0 Å². The molecule has 1 aliphatic carbocycles. The molecule has 0 saturated heterocycles. The molecule has 2 N–H and O–H groups in total. The Morgan fingerprint density at radius 1 is 0.966 bits per heavy atom. The standard InChI is InChI=1S/C24H30N2O3/c1-28-22-13-12-17(14-23(22)29-2)19-15-20(18-10-6-7-11-21(18)27)26-24(25-19)16-8-4-3-5-9-16/h6-7,10-14,16,20,24,26-27H,3-5,8-9,15H2,1-2H3. The monoisotopic (exact) mass is 394 g/mol. The van der Waals surface area contributed by atoms with Gasteiger partial charge in [-0.2, -0.15) is 0 Å². The fraction of sp³-hybridized carbons (Fsp3) is 0.458. The Morgan fingerprint density at radius 2 is 1.72 bits per heavy atom. The van der Waals surface area contributed by atoms with Crippen molar-refractivity contribution in [1.29, 1.82) is 0 Å². The van der Waals surface area contributed by atoms with E-state index in [1.165, 1.54) is 32.1 Å². The molecule has 1 saturated carbocycles. The summed E-state index contributed by atoms with van der Waals surface area (Å²) >= 11 is 0. The smallest absolute Gasteiger partial charge is 0.161 e. The van der Waals surface area contributed by atoms with Crippen LogP contribution in [0.5, 0.6) is 17.2 Å². The first kappa shape index (κ1) is 19.8. The van der Waals surface area contributed by atoms with Crippen molar-refractivity contribution in [1.82, 2.24) is 5.32 Å². The van der Waals surface area contributed by atoms with Crippen molar-refractivity contribution >= 4 is 5.71 Å². The second-order valence-corrected chi connectivity index (χ2v) is 7.97. The second kappa shape index (κ2) is 8.87. The molecule has 2 aromatic carbocycles. The van der Waals surface area contributed by atoms with E-state index in [1.807, 2.05) is 36.4 Å². The fourth-order valence-electron chi connectivity index (χ4n) is 4.60. The van der Waals surface area contributed by atoms with Gasteiger partial charge < -0.3 is 14.6 Å². The van der Waals surface area contributed by atoms with Gasteiger partial charge in [0.2, 0.25) is 0 Å². The highest BCUT2D eigenvalue weighted by Crippen LogP contribution is 2.36. The third-order valence-electron chi connectivity index (χ3n) is 6.19. The molecule has 0 amide bonds. The Balaban J connectivity index is 1.70. The summed E-state index contributed by atoms with van der Waals surface area (Å²) in [7, 11) is 3.30. The number of hydrogen-bond donors (Lipinski definition) is 2. The number of rotatable bonds is 5. The first-order valence-corrected chi connectivity index (χ1v) is 10.5. The summed E-state index contributed by atoms with van der Waals surface area (Å²) in [6.07, 6.45) is 7.05. The normalized spacial score (nSPS) is 22.8. The highest BCUT2D eigenvalue weighted by atomic mass is 16.5. The van der Waals surface area contributed by atoms with Crippen LogP contribution in [0.25, 0.3) is 0 Å². The SMILES string of the molecule is COc1ccc(C2=NC(C3CCCCC3)NC(c3ccccc3O)C2)cc1OC.